The molecule has 7 heteroatoms. The van der Waals surface area contributed by atoms with Gasteiger partial charge in [-0.1, -0.05) is 18.2 Å². The van der Waals surface area contributed by atoms with E-state index in [1.54, 1.807) is 36.4 Å². The minimum atomic E-state index is -0.545. The third-order valence-corrected chi connectivity index (χ3v) is 4.87. The predicted molar refractivity (Wildman–Crippen MR) is 96.8 cm³/mol. The number of thiophene rings is 1. The molecular weight excluding hydrogens is 338 g/mol. The monoisotopic (exact) mass is 357 g/mol. The minimum absolute atomic E-state index is 0.161. The van der Waals surface area contributed by atoms with Crippen LogP contribution in [0.2, 0.25) is 0 Å². The van der Waals surface area contributed by atoms with Crippen molar-refractivity contribution in [1.82, 2.24) is 10.6 Å². The van der Waals surface area contributed by atoms with Crippen molar-refractivity contribution < 1.29 is 14.4 Å². The van der Waals surface area contributed by atoms with Gasteiger partial charge >= 0.3 is 0 Å². The number of rotatable bonds is 4. The maximum Gasteiger partial charge on any atom is 0.265 e. The maximum atomic E-state index is 12.6. The second-order valence-electron chi connectivity index (χ2n) is 5.79. The SMILES string of the molecule is O=C(Nc1ccccc1C(=O)NC1CCCCNC1=O)c1cccs1. The van der Waals surface area contributed by atoms with Crippen LogP contribution in [0.15, 0.2) is 41.8 Å². The van der Waals surface area contributed by atoms with Gasteiger partial charge in [-0.2, -0.15) is 0 Å². The van der Waals surface area contributed by atoms with Crippen molar-refractivity contribution in [1.29, 1.82) is 0 Å². The van der Waals surface area contributed by atoms with Crippen molar-refractivity contribution in [3.05, 3.63) is 52.2 Å². The second-order valence-corrected chi connectivity index (χ2v) is 6.74. The quantitative estimate of drug-likeness (QED) is 0.785. The number of anilines is 1. The van der Waals surface area contributed by atoms with Crippen LogP contribution in [0.3, 0.4) is 0 Å². The van der Waals surface area contributed by atoms with Gasteiger partial charge in [0.2, 0.25) is 5.91 Å². The van der Waals surface area contributed by atoms with E-state index in [1.165, 1.54) is 11.3 Å². The molecule has 3 rings (SSSR count). The Bertz CT molecular complexity index is 774. The van der Waals surface area contributed by atoms with Crippen LogP contribution in [0.4, 0.5) is 5.69 Å². The van der Waals surface area contributed by atoms with Gasteiger partial charge in [0.05, 0.1) is 16.1 Å². The molecule has 1 aliphatic rings. The molecule has 1 aromatic heterocycles. The van der Waals surface area contributed by atoms with Crippen LogP contribution in [0.25, 0.3) is 0 Å². The van der Waals surface area contributed by atoms with E-state index in [9.17, 15) is 14.4 Å². The first-order valence-corrected chi connectivity index (χ1v) is 9.05. The van der Waals surface area contributed by atoms with E-state index >= 15 is 0 Å². The van der Waals surface area contributed by atoms with E-state index in [2.05, 4.69) is 16.0 Å². The molecular formula is C18H19N3O3S. The molecule has 1 atom stereocenters. The van der Waals surface area contributed by atoms with E-state index in [1.807, 2.05) is 5.38 Å². The molecule has 0 bridgehead atoms. The Balaban J connectivity index is 1.74. The molecule has 130 valence electrons. The molecule has 3 amide bonds. The number of benzene rings is 1. The van der Waals surface area contributed by atoms with Crippen LogP contribution in [-0.2, 0) is 4.79 Å². The van der Waals surface area contributed by atoms with Crippen molar-refractivity contribution in [2.24, 2.45) is 0 Å². The molecule has 0 radical (unpaired) electrons. The number of carbonyl (C=O) groups excluding carboxylic acids is 3. The summed E-state index contributed by atoms with van der Waals surface area (Å²) in [6, 6.07) is 9.75. The highest BCUT2D eigenvalue weighted by Gasteiger charge is 2.24. The van der Waals surface area contributed by atoms with Gasteiger partial charge < -0.3 is 16.0 Å². The highest BCUT2D eigenvalue weighted by Crippen LogP contribution is 2.18. The van der Waals surface area contributed by atoms with E-state index in [0.29, 0.717) is 29.1 Å². The van der Waals surface area contributed by atoms with Crippen molar-refractivity contribution >= 4 is 34.7 Å². The fraction of sp³-hybridized carbons (Fsp3) is 0.278. The maximum absolute atomic E-state index is 12.6. The zero-order chi connectivity index (χ0) is 17.6. The first-order valence-electron chi connectivity index (χ1n) is 8.17. The van der Waals surface area contributed by atoms with Gasteiger partial charge in [-0.05, 0) is 42.8 Å². The Kier molecular flexibility index (Phi) is 5.45. The lowest BCUT2D eigenvalue weighted by atomic mass is 10.1. The summed E-state index contributed by atoms with van der Waals surface area (Å²) in [4.78, 5) is 37.4. The third kappa shape index (κ3) is 4.24. The number of carbonyl (C=O) groups is 3. The Hall–Kier alpha value is -2.67. The molecule has 0 aliphatic carbocycles. The van der Waals surface area contributed by atoms with Crippen LogP contribution in [0.1, 0.15) is 39.3 Å². The van der Waals surface area contributed by atoms with Crippen LogP contribution >= 0.6 is 11.3 Å². The predicted octanol–water partition coefficient (Wildman–Crippen LogP) is 2.40. The van der Waals surface area contributed by atoms with Gasteiger partial charge in [-0.25, -0.2) is 0 Å². The van der Waals surface area contributed by atoms with Gasteiger partial charge in [0, 0.05) is 6.54 Å². The molecule has 1 saturated heterocycles. The van der Waals surface area contributed by atoms with Crippen LogP contribution in [0.5, 0.6) is 0 Å². The van der Waals surface area contributed by atoms with Crippen LogP contribution in [0, 0.1) is 0 Å². The molecule has 0 saturated carbocycles. The average Bonchev–Trinajstić information content (AvgIpc) is 3.08. The molecule has 2 aromatic rings. The summed E-state index contributed by atoms with van der Waals surface area (Å²) in [7, 11) is 0. The first-order chi connectivity index (χ1) is 12.1. The standard InChI is InChI=1S/C18H19N3O3S/c22-16(21-14-8-3-4-10-19-17(14)23)12-6-1-2-7-13(12)20-18(24)15-9-5-11-25-15/h1-2,5-7,9,11,14H,3-4,8,10H2,(H,19,23)(H,20,24)(H,21,22). The van der Waals surface area contributed by atoms with Gasteiger partial charge in [0.1, 0.15) is 6.04 Å². The van der Waals surface area contributed by atoms with E-state index in [4.69, 9.17) is 0 Å². The molecule has 1 aliphatic heterocycles. The van der Waals surface area contributed by atoms with Crippen molar-refractivity contribution in [2.45, 2.75) is 25.3 Å². The van der Waals surface area contributed by atoms with Crippen molar-refractivity contribution in [3.8, 4) is 0 Å². The Labute approximate surface area is 149 Å². The fourth-order valence-corrected chi connectivity index (χ4v) is 3.31. The molecule has 1 unspecified atom stereocenters. The Morgan fingerprint density at radius 3 is 2.72 bits per heavy atom. The smallest absolute Gasteiger partial charge is 0.265 e. The van der Waals surface area contributed by atoms with Crippen molar-refractivity contribution in [3.63, 3.8) is 0 Å². The second kappa shape index (κ2) is 7.94. The molecule has 1 aromatic carbocycles. The highest BCUT2D eigenvalue weighted by molar-refractivity contribution is 7.12. The summed E-state index contributed by atoms with van der Waals surface area (Å²) in [6.07, 6.45) is 2.40. The lowest BCUT2D eigenvalue weighted by Crippen LogP contribution is -2.45. The topological polar surface area (TPSA) is 87.3 Å². The average molecular weight is 357 g/mol. The summed E-state index contributed by atoms with van der Waals surface area (Å²) in [5.74, 6) is -0.794. The summed E-state index contributed by atoms with van der Waals surface area (Å²) >= 11 is 1.33. The summed E-state index contributed by atoms with van der Waals surface area (Å²) in [5, 5.41) is 10.2. The molecule has 25 heavy (non-hydrogen) atoms. The fourth-order valence-electron chi connectivity index (χ4n) is 2.69. The minimum Gasteiger partial charge on any atom is -0.354 e. The van der Waals surface area contributed by atoms with Gasteiger partial charge in [-0.15, -0.1) is 11.3 Å². The Morgan fingerprint density at radius 2 is 1.92 bits per heavy atom. The van der Waals surface area contributed by atoms with Gasteiger partial charge in [0.25, 0.3) is 11.8 Å². The zero-order valence-electron chi connectivity index (χ0n) is 13.6. The number of hydrogen-bond donors (Lipinski definition) is 3. The van der Waals surface area contributed by atoms with Crippen LogP contribution in [-0.4, -0.2) is 30.3 Å². The lowest BCUT2D eigenvalue weighted by Gasteiger charge is -2.17. The lowest BCUT2D eigenvalue weighted by molar-refractivity contribution is -0.122. The molecule has 0 spiro atoms. The summed E-state index contributed by atoms with van der Waals surface area (Å²) in [5.41, 5.74) is 0.761. The van der Waals surface area contributed by atoms with E-state index < -0.39 is 6.04 Å². The van der Waals surface area contributed by atoms with E-state index in [0.717, 1.165) is 12.8 Å². The van der Waals surface area contributed by atoms with Gasteiger partial charge in [0.15, 0.2) is 0 Å². The molecule has 6 nitrogen and oxygen atoms in total. The van der Waals surface area contributed by atoms with Gasteiger partial charge in [-0.3, -0.25) is 14.4 Å². The highest BCUT2D eigenvalue weighted by atomic mass is 32.1. The molecule has 3 N–H and O–H groups in total. The third-order valence-electron chi connectivity index (χ3n) is 4.01. The Morgan fingerprint density at radius 1 is 1.08 bits per heavy atom. The number of hydrogen-bond acceptors (Lipinski definition) is 4. The number of para-hydroxylation sites is 1. The largest absolute Gasteiger partial charge is 0.354 e. The normalized spacial score (nSPS) is 17.3. The number of amides is 3. The van der Waals surface area contributed by atoms with Crippen LogP contribution < -0.4 is 16.0 Å². The first kappa shape index (κ1) is 17.2. The van der Waals surface area contributed by atoms with E-state index in [-0.39, 0.29) is 17.7 Å². The summed E-state index contributed by atoms with van der Waals surface area (Å²) in [6.45, 7) is 0.638. The summed E-state index contributed by atoms with van der Waals surface area (Å²) < 4.78 is 0. The number of nitrogens with one attached hydrogen (secondary N) is 3. The zero-order valence-corrected chi connectivity index (χ0v) is 14.4. The van der Waals surface area contributed by atoms with Crippen molar-refractivity contribution in [2.75, 3.05) is 11.9 Å². The molecule has 2 heterocycles. The molecule has 1 fully saturated rings.